The minimum absolute atomic E-state index is 0.282. The molecule has 3 heteroatoms. The molecule has 0 spiro atoms. The smallest absolute Gasteiger partial charge is 0.123 e. The molecule has 1 aromatic rings. The first-order valence-electron chi connectivity index (χ1n) is 4.15. The van der Waals surface area contributed by atoms with Gasteiger partial charge < -0.3 is 14.2 Å². The zero-order valence-electron chi connectivity index (χ0n) is 7.23. The van der Waals surface area contributed by atoms with Crippen LogP contribution in [0.2, 0.25) is 0 Å². The standard InChI is InChI=1S/C10H11O3/c1-11-8-3-2-4-9(5-8)12-6-10-7-13-10/h2-5,10H,1,6-7H2. The van der Waals surface area contributed by atoms with Gasteiger partial charge in [-0.15, -0.1) is 0 Å². The van der Waals surface area contributed by atoms with Gasteiger partial charge in [0.2, 0.25) is 0 Å². The first kappa shape index (κ1) is 8.38. The van der Waals surface area contributed by atoms with Crippen molar-refractivity contribution in [3.05, 3.63) is 31.4 Å². The lowest BCUT2D eigenvalue weighted by Gasteiger charge is -2.05. The number of hydrogen-bond acceptors (Lipinski definition) is 3. The van der Waals surface area contributed by atoms with E-state index in [-0.39, 0.29) is 6.10 Å². The minimum atomic E-state index is 0.282. The quantitative estimate of drug-likeness (QED) is 0.658. The monoisotopic (exact) mass is 179 g/mol. The van der Waals surface area contributed by atoms with Crippen LogP contribution in [-0.4, -0.2) is 19.3 Å². The molecule has 0 amide bonds. The van der Waals surface area contributed by atoms with Gasteiger partial charge in [-0.2, -0.15) is 0 Å². The molecule has 1 atom stereocenters. The van der Waals surface area contributed by atoms with Gasteiger partial charge in [-0.25, -0.2) is 0 Å². The van der Waals surface area contributed by atoms with Crippen LogP contribution in [-0.2, 0) is 4.74 Å². The second-order valence-corrected chi connectivity index (χ2v) is 2.89. The molecule has 2 rings (SSSR count). The van der Waals surface area contributed by atoms with Gasteiger partial charge in [0.25, 0.3) is 0 Å². The first-order valence-corrected chi connectivity index (χ1v) is 4.15. The maximum absolute atomic E-state index is 5.44. The van der Waals surface area contributed by atoms with E-state index in [0.29, 0.717) is 12.4 Å². The lowest BCUT2D eigenvalue weighted by atomic mass is 10.3. The summed E-state index contributed by atoms with van der Waals surface area (Å²) in [5.74, 6) is 1.49. The summed E-state index contributed by atoms with van der Waals surface area (Å²) in [4.78, 5) is 0. The van der Waals surface area contributed by atoms with Crippen molar-refractivity contribution in [1.82, 2.24) is 0 Å². The van der Waals surface area contributed by atoms with Gasteiger partial charge in [0, 0.05) is 6.07 Å². The van der Waals surface area contributed by atoms with Crippen LogP contribution in [0.5, 0.6) is 11.5 Å². The molecular weight excluding hydrogens is 168 g/mol. The number of ether oxygens (including phenoxy) is 3. The largest absolute Gasteiger partial charge is 0.491 e. The fourth-order valence-electron chi connectivity index (χ4n) is 1.01. The third kappa shape index (κ3) is 2.36. The molecule has 1 fully saturated rings. The van der Waals surface area contributed by atoms with Crippen LogP contribution in [0.3, 0.4) is 0 Å². The maximum atomic E-state index is 5.44. The Balaban J connectivity index is 1.93. The third-order valence-electron chi connectivity index (χ3n) is 1.81. The van der Waals surface area contributed by atoms with Crippen molar-refractivity contribution in [3.63, 3.8) is 0 Å². The van der Waals surface area contributed by atoms with E-state index >= 15 is 0 Å². The second kappa shape index (κ2) is 3.66. The Morgan fingerprint density at radius 3 is 2.92 bits per heavy atom. The molecule has 1 aromatic carbocycles. The zero-order valence-corrected chi connectivity index (χ0v) is 7.23. The Morgan fingerprint density at radius 1 is 1.46 bits per heavy atom. The van der Waals surface area contributed by atoms with Gasteiger partial charge in [0.15, 0.2) is 0 Å². The Labute approximate surface area is 77.2 Å². The third-order valence-corrected chi connectivity index (χ3v) is 1.81. The molecule has 0 N–H and O–H groups in total. The van der Waals surface area contributed by atoms with Gasteiger partial charge in [0.05, 0.1) is 6.61 Å². The second-order valence-electron chi connectivity index (χ2n) is 2.89. The van der Waals surface area contributed by atoms with Crippen LogP contribution >= 0.6 is 0 Å². The predicted molar refractivity (Wildman–Crippen MR) is 47.7 cm³/mol. The van der Waals surface area contributed by atoms with Crippen molar-refractivity contribution in [3.8, 4) is 11.5 Å². The molecule has 1 heterocycles. The number of hydrogen-bond donors (Lipinski definition) is 0. The highest BCUT2D eigenvalue weighted by Gasteiger charge is 2.22. The van der Waals surface area contributed by atoms with Gasteiger partial charge in [0.1, 0.15) is 31.3 Å². The van der Waals surface area contributed by atoms with E-state index in [2.05, 4.69) is 7.11 Å². The lowest BCUT2D eigenvalue weighted by Crippen LogP contribution is -2.03. The molecular formula is C10H11O3. The Morgan fingerprint density at radius 2 is 2.23 bits per heavy atom. The molecule has 0 aliphatic carbocycles. The summed E-state index contributed by atoms with van der Waals surface area (Å²) in [7, 11) is 3.32. The lowest BCUT2D eigenvalue weighted by molar-refractivity contribution is 0.262. The molecule has 69 valence electrons. The highest BCUT2D eigenvalue weighted by atomic mass is 16.6. The fourth-order valence-corrected chi connectivity index (χ4v) is 1.01. The SMILES string of the molecule is [CH2]Oc1cccc(OCC2CO2)c1. The Bertz CT molecular complexity index is 281. The predicted octanol–water partition coefficient (Wildman–Crippen LogP) is 1.63. The summed E-state index contributed by atoms with van der Waals surface area (Å²) in [6, 6.07) is 7.37. The van der Waals surface area contributed by atoms with Gasteiger partial charge >= 0.3 is 0 Å². The molecule has 13 heavy (non-hydrogen) atoms. The van der Waals surface area contributed by atoms with Crippen molar-refractivity contribution < 1.29 is 14.2 Å². The Kier molecular flexibility index (Phi) is 2.36. The van der Waals surface area contributed by atoms with E-state index in [4.69, 9.17) is 14.2 Å². The molecule has 1 aliphatic rings. The van der Waals surface area contributed by atoms with Crippen LogP contribution in [0.25, 0.3) is 0 Å². The normalized spacial score (nSPS) is 19.6. The highest BCUT2D eigenvalue weighted by Crippen LogP contribution is 2.20. The summed E-state index contributed by atoms with van der Waals surface area (Å²) >= 11 is 0. The molecule has 0 saturated carbocycles. The van der Waals surface area contributed by atoms with Crippen LogP contribution < -0.4 is 9.47 Å². The van der Waals surface area contributed by atoms with Gasteiger partial charge in [-0.05, 0) is 12.1 Å². The summed E-state index contributed by atoms with van der Waals surface area (Å²) < 4.78 is 15.3. The zero-order chi connectivity index (χ0) is 9.10. The van der Waals surface area contributed by atoms with Crippen molar-refractivity contribution in [2.45, 2.75) is 6.10 Å². The van der Waals surface area contributed by atoms with Crippen LogP contribution in [0.1, 0.15) is 0 Å². The van der Waals surface area contributed by atoms with E-state index in [1.165, 1.54) is 0 Å². The van der Waals surface area contributed by atoms with E-state index in [1.54, 1.807) is 6.07 Å². The molecule has 3 nitrogen and oxygen atoms in total. The van der Waals surface area contributed by atoms with Crippen LogP contribution in [0.15, 0.2) is 24.3 Å². The van der Waals surface area contributed by atoms with E-state index < -0.39 is 0 Å². The minimum Gasteiger partial charge on any atom is -0.491 e. The van der Waals surface area contributed by atoms with Crippen molar-refractivity contribution in [2.75, 3.05) is 13.2 Å². The van der Waals surface area contributed by atoms with Gasteiger partial charge in [-0.3, -0.25) is 0 Å². The number of epoxide rings is 1. The summed E-state index contributed by atoms with van der Waals surface area (Å²) in [6.07, 6.45) is 0.282. The number of benzene rings is 1. The highest BCUT2D eigenvalue weighted by molar-refractivity contribution is 5.32. The summed E-state index contributed by atoms with van der Waals surface area (Å²) in [5.41, 5.74) is 0. The van der Waals surface area contributed by atoms with Crippen LogP contribution in [0, 0.1) is 7.11 Å². The Hall–Kier alpha value is -1.22. The number of rotatable bonds is 4. The van der Waals surface area contributed by atoms with Crippen molar-refractivity contribution >= 4 is 0 Å². The molecule has 0 aromatic heterocycles. The van der Waals surface area contributed by atoms with Crippen LogP contribution in [0.4, 0.5) is 0 Å². The molecule has 1 radical (unpaired) electrons. The maximum Gasteiger partial charge on any atom is 0.123 e. The molecule has 1 saturated heterocycles. The molecule has 0 bridgehead atoms. The van der Waals surface area contributed by atoms with E-state index in [1.807, 2.05) is 18.2 Å². The molecule has 1 aliphatic heterocycles. The van der Waals surface area contributed by atoms with Gasteiger partial charge in [-0.1, -0.05) is 6.07 Å². The van der Waals surface area contributed by atoms with E-state index in [0.717, 1.165) is 12.4 Å². The topological polar surface area (TPSA) is 31.0 Å². The average molecular weight is 179 g/mol. The van der Waals surface area contributed by atoms with Crippen molar-refractivity contribution in [1.29, 1.82) is 0 Å². The van der Waals surface area contributed by atoms with Crippen molar-refractivity contribution in [2.24, 2.45) is 0 Å². The van der Waals surface area contributed by atoms with E-state index in [9.17, 15) is 0 Å². The molecule has 1 unspecified atom stereocenters. The summed E-state index contributed by atoms with van der Waals surface area (Å²) in [5, 5.41) is 0. The average Bonchev–Trinajstić information content (AvgIpc) is 2.99. The summed E-state index contributed by atoms with van der Waals surface area (Å²) in [6.45, 7) is 1.42. The first-order chi connectivity index (χ1) is 6.38. The fraction of sp³-hybridized carbons (Fsp3) is 0.300.